The predicted molar refractivity (Wildman–Crippen MR) is 105 cm³/mol. The molecule has 1 N–H and O–H groups in total. The molecule has 0 unspecified atom stereocenters. The SMILES string of the molecule is CC(C)(C)OC(=O)N1CCN[C@H](Cc2cccc(-c3ccccc3)c2)C1. The van der Waals surface area contributed by atoms with E-state index in [9.17, 15) is 4.79 Å². The Kier molecular flexibility index (Phi) is 5.62. The third-order valence-corrected chi connectivity index (χ3v) is 4.42. The maximum Gasteiger partial charge on any atom is 0.410 e. The van der Waals surface area contributed by atoms with Crippen molar-refractivity contribution in [2.45, 2.75) is 38.8 Å². The first kappa shape index (κ1) is 18.5. The molecule has 0 saturated carbocycles. The molecule has 1 aliphatic heterocycles. The zero-order valence-electron chi connectivity index (χ0n) is 15.9. The average molecular weight is 352 g/mol. The molecule has 2 aromatic rings. The number of hydrogen-bond acceptors (Lipinski definition) is 3. The van der Waals surface area contributed by atoms with Gasteiger partial charge in [-0.3, -0.25) is 0 Å². The Labute approximate surface area is 156 Å². The second-order valence-electron chi connectivity index (χ2n) is 7.85. The minimum absolute atomic E-state index is 0.220. The van der Waals surface area contributed by atoms with Crippen LogP contribution in [-0.4, -0.2) is 42.3 Å². The van der Waals surface area contributed by atoms with Gasteiger partial charge >= 0.3 is 6.09 Å². The van der Waals surface area contributed by atoms with Crippen molar-refractivity contribution >= 4 is 6.09 Å². The number of nitrogens with one attached hydrogen (secondary N) is 1. The number of amides is 1. The molecule has 0 bridgehead atoms. The average Bonchev–Trinajstić information content (AvgIpc) is 2.61. The number of carbonyl (C=O) groups excluding carboxylic acids is 1. The Morgan fingerprint density at radius 3 is 2.58 bits per heavy atom. The summed E-state index contributed by atoms with van der Waals surface area (Å²) in [6.07, 6.45) is 0.669. The summed E-state index contributed by atoms with van der Waals surface area (Å²) in [5.41, 5.74) is 3.26. The van der Waals surface area contributed by atoms with Crippen LogP contribution in [0.3, 0.4) is 0 Å². The monoisotopic (exact) mass is 352 g/mol. The van der Waals surface area contributed by atoms with E-state index < -0.39 is 5.60 Å². The van der Waals surface area contributed by atoms with Crippen LogP contribution >= 0.6 is 0 Å². The summed E-state index contributed by atoms with van der Waals surface area (Å²) in [7, 11) is 0. The Bertz CT molecular complexity index is 737. The van der Waals surface area contributed by atoms with E-state index in [0.717, 1.165) is 13.0 Å². The summed E-state index contributed by atoms with van der Waals surface area (Å²) in [6, 6.07) is 19.3. The number of carbonyl (C=O) groups is 1. The molecule has 4 nitrogen and oxygen atoms in total. The highest BCUT2D eigenvalue weighted by Gasteiger charge is 2.27. The molecule has 1 atom stereocenters. The molecule has 0 aliphatic carbocycles. The normalized spacial score (nSPS) is 17.8. The molecule has 138 valence electrons. The fraction of sp³-hybridized carbons (Fsp3) is 0.409. The van der Waals surface area contributed by atoms with Gasteiger partial charge in [0, 0.05) is 25.7 Å². The molecule has 0 spiro atoms. The number of nitrogens with zero attached hydrogens (tertiary/aromatic N) is 1. The molecule has 26 heavy (non-hydrogen) atoms. The molecule has 0 radical (unpaired) electrons. The van der Waals surface area contributed by atoms with Crippen molar-refractivity contribution in [1.82, 2.24) is 10.2 Å². The topological polar surface area (TPSA) is 41.6 Å². The van der Waals surface area contributed by atoms with Gasteiger partial charge in [-0.2, -0.15) is 0 Å². The van der Waals surface area contributed by atoms with Gasteiger partial charge in [0.25, 0.3) is 0 Å². The zero-order valence-corrected chi connectivity index (χ0v) is 15.9. The van der Waals surface area contributed by atoms with Gasteiger partial charge in [-0.05, 0) is 43.9 Å². The summed E-state index contributed by atoms with van der Waals surface area (Å²) in [5, 5.41) is 3.53. The van der Waals surface area contributed by atoms with Crippen LogP contribution < -0.4 is 5.32 Å². The highest BCUT2D eigenvalue weighted by molar-refractivity contribution is 5.68. The lowest BCUT2D eigenvalue weighted by Crippen LogP contribution is -2.54. The zero-order chi connectivity index (χ0) is 18.6. The van der Waals surface area contributed by atoms with Gasteiger partial charge in [0.05, 0.1) is 0 Å². The van der Waals surface area contributed by atoms with Crippen LogP contribution in [0, 0.1) is 0 Å². The summed E-state index contributed by atoms with van der Waals surface area (Å²) in [4.78, 5) is 14.1. The molecule has 0 aromatic heterocycles. The van der Waals surface area contributed by atoms with Crippen LogP contribution in [0.5, 0.6) is 0 Å². The number of rotatable bonds is 3. The summed E-state index contributed by atoms with van der Waals surface area (Å²) >= 11 is 0. The van der Waals surface area contributed by atoms with Crippen LogP contribution in [0.4, 0.5) is 4.79 Å². The Morgan fingerprint density at radius 2 is 1.85 bits per heavy atom. The third kappa shape index (κ3) is 5.09. The van der Waals surface area contributed by atoms with Gasteiger partial charge in [0.1, 0.15) is 5.60 Å². The predicted octanol–water partition coefficient (Wildman–Crippen LogP) is 4.11. The first-order valence-electron chi connectivity index (χ1n) is 9.26. The number of piperazine rings is 1. The number of hydrogen-bond donors (Lipinski definition) is 1. The second-order valence-corrected chi connectivity index (χ2v) is 7.85. The van der Waals surface area contributed by atoms with Crippen LogP contribution in [0.1, 0.15) is 26.3 Å². The summed E-state index contributed by atoms with van der Waals surface area (Å²) < 4.78 is 5.51. The second kappa shape index (κ2) is 7.92. The van der Waals surface area contributed by atoms with Crippen LogP contribution in [0.2, 0.25) is 0 Å². The molecule has 1 heterocycles. The first-order valence-corrected chi connectivity index (χ1v) is 9.26. The highest BCUT2D eigenvalue weighted by atomic mass is 16.6. The number of benzene rings is 2. The van der Waals surface area contributed by atoms with Crippen molar-refractivity contribution in [3.63, 3.8) is 0 Å². The van der Waals surface area contributed by atoms with Crippen molar-refractivity contribution < 1.29 is 9.53 Å². The van der Waals surface area contributed by atoms with E-state index in [1.54, 1.807) is 0 Å². The van der Waals surface area contributed by atoms with Gasteiger partial charge in [-0.25, -0.2) is 4.79 Å². The van der Waals surface area contributed by atoms with Crippen molar-refractivity contribution in [3.8, 4) is 11.1 Å². The highest BCUT2D eigenvalue weighted by Crippen LogP contribution is 2.21. The minimum atomic E-state index is -0.457. The first-order chi connectivity index (χ1) is 12.4. The molecule has 1 amide bonds. The van der Waals surface area contributed by atoms with Crippen molar-refractivity contribution in [2.75, 3.05) is 19.6 Å². The number of ether oxygens (including phenoxy) is 1. The van der Waals surface area contributed by atoms with E-state index >= 15 is 0 Å². The van der Waals surface area contributed by atoms with E-state index in [-0.39, 0.29) is 12.1 Å². The van der Waals surface area contributed by atoms with Gasteiger partial charge in [0.2, 0.25) is 0 Å². The van der Waals surface area contributed by atoms with Crippen LogP contribution in [0.25, 0.3) is 11.1 Å². The van der Waals surface area contributed by atoms with E-state index in [1.807, 2.05) is 31.7 Å². The molecule has 3 rings (SSSR count). The minimum Gasteiger partial charge on any atom is -0.444 e. The van der Waals surface area contributed by atoms with Gasteiger partial charge < -0.3 is 15.0 Å². The van der Waals surface area contributed by atoms with Crippen molar-refractivity contribution in [2.24, 2.45) is 0 Å². The van der Waals surface area contributed by atoms with Crippen LogP contribution in [-0.2, 0) is 11.2 Å². The molecule has 1 fully saturated rings. The van der Waals surface area contributed by atoms with Crippen molar-refractivity contribution in [3.05, 3.63) is 60.2 Å². The quantitative estimate of drug-likeness (QED) is 0.904. The van der Waals surface area contributed by atoms with Crippen molar-refractivity contribution in [1.29, 1.82) is 0 Å². The van der Waals surface area contributed by atoms with Gasteiger partial charge in [-0.15, -0.1) is 0 Å². The lowest BCUT2D eigenvalue weighted by atomic mass is 9.98. The van der Waals surface area contributed by atoms with Gasteiger partial charge in [0.15, 0.2) is 0 Å². The molecular weight excluding hydrogens is 324 g/mol. The fourth-order valence-electron chi connectivity index (χ4n) is 3.25. The standard InChI is InChI=1S/C22H28N2O2/c1-22(2,3)26-21(25)24-13-12-23-20(16-24)15-17-8-7-11-19(14-17)18-9-5-4-6-10-18/h4-11,14,20,23H,12-13,15-16H2,1-3H3/t20-/m1/s1. The van der Waals surface area contributed by atoms with E-state index in [4.69, 9.17) is 4.74 Å². The van der Waals surface area contributed by atoms with E-state index in [1.165, 1.54) is 16.7 Å². The maximum atomic E-state index is 12.3. The Morgan fingerprint density at radius 1 is 1.12 bits per heavy atom. The molecule has 1 saturated heterocycles. The largest absolute Gasteiger partial charge is 0.444 e. The Balaban J connectivity index is 1.65. The molecule has 2 aromatic carbocycles. The van der Waals surface area contributed by atoms with Crippen LogP contribution in [0.15, 0.2) is 54.6 Å². The Hall–Kier alpha value is -2.33. The molecular formula is C22H28N2O2. The lowest BCUT2D eigenvalue weighted by molar-refractivity contribution is 0.0195. The smallest absolute Gasteiger partial charge is 0.410 e. The van der Waals surface area contributed by atoms with E-state index in [2.05, 4.69) is 53.8 Å². The molecule has 4 heteroatoms. The van der Waals surface area contributed by atoms with Gasteiger partial charge in [-0.1, -0.05) is 54.6 Å². The summed E-state index contributed by atoms with van der Waals surface area (Å²) in [6.45, 7) is 7.86. The molecule has 1 aliphatic rings. The maximum absolute atomic E-state index is 12.3. The fourth-order valence-corrected chi connectivity index (χ4v) is 3.25. The van der Waals surface area contributed by atoms with E-state index in [0.29, 0.717) is 13.1 Å². The lowest BCUT2D eigenvalue weighted by Gasteiger charge is -2.35. The third-order valence-electron chi connectivity index (χ3n) is 4.42. The summed E-state index contributed by atoms with van der Waals surface area (Å²) in [5.74, 6) is 0.